The van der Waals surface area contributed by atoms with E-state index in [0.29, 0.717) is 0 Å². The lowest BCUT2D eigenvalue weighted by molar-refractivity contribution is 0.0545. The van der Waals surface area contributed by atoms with E-state index in [2.05, 4.69) is 4.90 Å². The number of aryl methyl sites for hydroxylation is 1. The molecule has 1 atom stereocenters. The van der Waals surface area contributed by atoms with Crippen molar-refractivity contribution < 1.29 is 4.74 Å². The molecule has 1 unspecified atom stereocenters. The smallest absolute Gasteiger partial charge is 0.123 e. The highest BCUT2D eigenvalue weighted by atomic mass is 35.5. The zero-order valence-corrected chi connectivity index (χ0v) is 12.0. The highest BCUT2D eigenvalue weighted by molar-refractivity contribution is 6.30. The van der Waals surface area contributed by atoms with Crippen molar-refractivity contribution in [3.05, 3.63) is 28.8 Å². The zero-order chi connectivity index (χ0) is 13.3. The first kappa shape index (κ1) is 13.2. The van der Waals surface area contributed by atoms with Crippen molar-refractivity contribution in [3.8, 4) is 5.75 Å². The molecule has 2 heterocycles. The van der Waals surface area contributed by atoms with Gasteiger partial charge in [0, 0.05) is 24.5 Å². The molecule has 1 aromatic carbocycles. The Morgan fingerprint density at radius 1 is 1.37 bits per heavy atom. The monoisotopic (exact) mass is 280 g/mol. The Hall–Kier alpha value is -0.770. The number of halogens is 1. The minimum absolute atomic E-state index is 0.0232. The minimum Gasteiger partial charge on any atom is -0.486 e. The zero-order valence-electron chi connectivity index (χ0n) is 11.2. The number of rotatable bonds is 3. The van der Waals surface area contributed by atoms with Crippen molar-refractivity contribution in [2.75, 3.05) is 26.2 Å². The van der Waals surface area contributed by atoms with E-state index in [-0.39, 0.29) is 5.60 Å². The van der Waals surface area contributed by atoms with E-state index in [1.54, 1.807) is 0 Å². The molecule has 2 aliphatic rings. The van der Waals surface area contributed by atoms with Gasteiger partial charge in [-0.1, -0.05) is 11.6 Å². The summed E-state index contributed by atoms with van der Waals surface area (Å²) < 4.78 is 6.31. The molecule has 1 fully saturated rings. The Morgan fingerprint density at radius 2 is 2.26 bits per heavy atom. The largest absolute Gasteiger partial charge is 0.486 e. The summed E-state index contributed by atoms with van der Waals surface area (Å²) in [5.41, 5.74) is 6.86. The van der Waals surface area contributed by atoms with Crippen LogP contribution in [-0.4, -0.2) is 36.7 Å². The molecule has 3 rings (SSSR count). The van der Waals surface area contributed by atoms with Crippen molar-refractivity contribution in [1.29, 1.82) is 0 Å². The minimum atomic E-state index is 0.0232. The number of hydrogen-bond donors (Lipinski definition) is 1. The third-order valence-corrected chi connectivity index (χ3v) is 4.51. The maximum absolute atomic E-state index is 6.31. The fraction of sp³-hybridized carbons (Fsp3) is 0.600. The van der Waals surface area contributed by atoms with Crippen LogP contribution in [0.4, 0.5) is 0 Å². The van der Waals surface area contributed by atoms with Gasteiger partial charge < -0.3 is 10.5 Å². The van der Waals surface area contributed by atoms with Crippen molar-refractivity contribution in [2.24, 2.45) is 5.73 Å². The lowest BCUT2D eigenvalue weighted by Crippen LogP contribution is -2.42. The number of likely N-dealkylation sites (tertiary alicyclic amines) is 1. The molecule has 1 aromatic rings. The standard InChI is InChI=1S/C15H21ClN2O/c16-13-2-3-14-12(10-13)4-5-15(19-14)6-9-18(11-15)8-1-7-17/h2-3,10H,1,4-9,11,17H2. The first-order valence-electron chi connectivity index (χ1n) is 7.11. The van der Waals surface area contributed by atoms with Crippen LogP contribution in [0.15, 0.2) is 18.2 Å². The second-order valence-corrected chi connectivity index (χ2v) is 6.14. The molecular formula is C15H21ClN2O. The summed E-state index contributed by atoms with van der Waals surface area (Å²) >= 11 is 6.03. The normalized spacial score (nSPS) is 26.4. The van der Waals surface area contributed by atoms with Crippen LogP contribution >= 0.6 is 11.6 Å². The predicted molar refractivity (Wildman–Crippen MR) is 77.9 cm³/mol. The Morgan fingerprint density at radius 3 is 3.11 bits per heavy atom. The molecule has 1 saturated heterocycles. The summed E-state index contributed by atoms with van der Waals surface area (Å²) in [5, 5.41) is 0.800. The average Bonchev–Trinajstić information content (AvgIpc) is 2.80. The summed E-state index contributed by atoms with van der Waals surface area (Å²) in [6, 6.07) is 5.96. The molecule has 0 bridgehead atoms. The van der Waals surface area contributed by atoms with Crippen LogP contribution in [0.3, 0.4) is 0 Å². The van der Waals surface area contributed by atoms with Crippen LogP contribution in [-0.2, 0) is 6.42 Å². The fourth-order valence-electron chi connectivity index (χ4n) is 3.21. The highest BCUT2D eigenvalue weighted by Crippen LogP contribution is 2.39. The molecule has 0 amide bonds. The lowest BCUT2D eigenvalue weighted by atomic mass is 9.90. The van der Waals surface area contributed by atoms with Gasteiger partial charge in [-0.15, -0.1) is 0 Å². The molecule has 0 radical (unpaired) electrons. The van der Waals surface area contributed by atoms with Gasteiger partial charge in [0.05, 0.1) is 0 Å². The van der Waals surface area contributed by atoms with E-state index in [0.717, 1.165) is 62.6 Å². The molecule has 2 aliphatic heterocycles. The Kier molecular flexibility index (Phi) is 3.70. The second kappa shape index (κ2) is 5.31. The molecule has 104 valence electrons. The van der Waals surface area contributed by atoms with Gasteiger partial charge in [-0.2, -0.15) is 0 Å². The van der Waals surface area contributed by atoms with E-state index in [1.807, 2.05) is 18.2 Å². The van der Waals surface area contributed by atoms with Gasteiger partial charge in [0.15, 0.2) is 0 Å². The van der Waals surface area contributed by atoms with Crippen LogP contribution in [0.5, 0.6) is 5.75 Å². The maximum atomic E-state index is 6.31. The summed E-state index contributed by atoms with van der Waals surface area (Å²) in [6.07, 6.45) is 4.36. The van der Waals surface area contributed by atoms with Crippen LogP contribution in [0.1, 0.15) is 24.8 Å². The van der Waals surface area contributed by atoms with Crippen molar-refractivity contribution >= 4 is 11.6 Å². The first-order chi connectivity index (χ1) is 9.21. The van der Waals surface area contributed by atoms with Crippen molar-refractivity contribution in [1.82, 2.24) is 4.90 Å². The fourth-order valence-corrected chi connectivity index (χ4v) is 3.41. The van der Waals surface area contributed by atoms with Gasteiger partial charge >= 0.3 is 0 Å². The van der Waals surface area contributed by atoms with E-state index < -0.39 is 0 Å². The summed E-state index contributed by atoms with van der Waals surface area (Å²) in [4.78, 5) is 2.48. The quantitative estimate of drug-likeness (QED) is 0.924. The van der Waals surface area contributed by atoms with Gasteiger partial charge in [0.2, 0.25) is 0 Å². The summed E-state index contributed by atoms with van der Waals surface area (Å²) in [5.74, 6) is 1.02. The van der Waals surface area contributed by atoms with Gasteiger partial charge in [-0.05, 0) is 56.1 Å². The molecule has 1 spiro atoms. The molecule has 4 heteroatoms. The molecule has 2 N–H and O–H groups in total. The second-order valence-electron chi connectivity index (χ2n) is 5.71. The van der Waals surface area contributed by atoms with Gasteiger partial charge in [-0.3, -0.25) is 4.90 Å². The van der Waals surface area contributed by atoms with E-state index in [4.69, 9.17) is 22.1 Å². The maximum Gasteiger partial charge on any atom is 0.123 e. The Labute approximate surface area is 119 Å². The predicted octanol–water partition coefficient (Wildman–Crippen LogP) is 2.46. The molecule has 0 saturated carbocycles. The van der Waals surface area contributed by atoms with Crippen molar-refractivity contribution in [3.63, 3.8) is 0 Å². The summed E-state index contributed by atoms with van der Waals surface area (Å²) in [6.45, 7) is 4.03. The van der Waals surface area contributed by atoms with Gasteiger partial charge in [0.1, 0.15) is 11.4 Å². The number of benzene rings is 1. The molecule has 3 nitrogen and oxygen atoms in total. The van der Waals surface area contributed by atoms with Gasteiger partial charge in [-0.25, -0.2) is 0 Å². The van der Waals surface area contributed by atoms with Crippen LogP contribution in [0.2, 0.25) is 5.02 Å². The van der Waals surface area contributed by atoms with E-state index >= 15 is 0 Å². The molecule has 19 heavy (non-hydrogen) atoms. The van der Waals surface area contributed by atoms with Crippen LogP contribution in [0.25, 0.3) is 0 Å². The molecule has 0 aromatic heterocycles. The SMILES string of the molecule is NCCCN1CCC2(CCc3cc(Cl)ccc3O2)C1. The number of fused-ring (bicyclic) bond motifs is 1. The number of nitrogens with zero attached hydrogens (tertiary/aromatic N) is 1. The Bertz CT molecular complexity index is 465. The van der Waals surface area contributed by atoms with Crippen LogP contribution < -0.4 is 10.5 Å². The van der Waals surface area contributed by atoms with E-state index in [1.165, 1.54) is 5.56 Å². The Balaban J connectivity index is 1.70. The average molecular weight is 281 g/mol. The topological polar surface area (TPSA) is 38.5 Å². The molecular weight excluding hydrogens is 260 g/mol. The first-order valence-corrected chi connectivity index (χ1v) is 7.48. The third kappa shape index (κ3) is 2.73. The van der Waals surface area contributed by atoms with Crippen LogP contribution in [0, 0.1) is 0 Å². The highest BCUT2D eigenvalue weighted by Gasteiger charge is 2.42. The number of nitrogens with two attached hydrogens (primary N) is 1. The third-order valence-electron chi connectivity index (χ3n) is 4.27. The van der Waals surface area contributed by atoms with Crippen molar-refractivity contribution in [2.45, 2.75) is 31.3 Å². The molecule has 0 aliphatic carbocycles. The summed E-state index contributed by atoms with van der Waals surface area (Å²) in [7, 11) is 0. The number of hydrogen-bond acceptors (Lipinski definition) is 3. The van der Waals surface area contributed by atoms with Gasteiger partial charge in [0.25, 0.3) is 0 Å². The van der Waals surface area contributed by atoms with E-state index in [9.17, 15) is 0 Å². The lowest BCUT2D eigenvalue weighted by Gasteiger charge is -2.35. The number of ether oxygens (including phenoxy) is 1.